The largest absolute Gasteiger partial charge is 0.372 e. The normalized spacial score (nSPS) is 10.9. The molecule has 1 aromatic rings. The molecule has 2 nitrogen and oxygen atoms in total. The van der Waals surface area contributed by atoms with E-state index in [-0.39, 0.29) is 0 Å². The molecule has 0 bridgehead atoms. The van der Waals surface area contributed by atoms with Gasteiger partial charge in [-0.2, -0.15) is 0 Å². The van der Waals surface area contributed by atoms with E-state index in [0.717, 1.165) is 19.6 Å². The topological polar surface area (TPSA) is 15.3 Å². The number of para-hydroxylation sites is 1. The molecular formula is C15H26N2. The Balaban J connectivity index is 2.81. The van der Waals surface area contributed by atoms with Gasteiger partial charge in [0, 0.05) is 31.4 Å². The molecule has 0 fully saturated rings. The van der Waals surface area contributed by atoms with Crippen LogP contribution in [0, 0.1) is 0 Å². The highest BCUT2D eigenvalue weighted by Gasteiger charge is 2.08. The van der Waals surface area contributed by atoms with Crippen molar-refractivity contribution in [2.45, 2.75) is 46.7 Å². The zero-order valence-electron chi connectivity index (χ0n) is 11.7. The summed E-state index contributed by atoms with van der Waals surface area (Å²) in [7, 11) is 0. The summed E-state index contributed by atoms with van der Waals surface area (Å²) in [6.07, 6.45) is 1.19. The fourth-order valence-electron chi connectivity index (χ4n) is 2.00. The van der Waals surface area contributed by atoms with Crippen LogP contribution < -0.4 is 10.2 Å². The first-order valence-electron chi connectivity index (χ1n) is 6.75. The number of anilines is 1. The van der Waals surface area contributed by atoms with Crippen LogP contribution in [0.15, 0.2) is 24.3 Å². The summed E-state index contributed by atoms with van der Waals surface area (Å²) >= 11 is 0. The van der Waals surface area contributed by atoms with Gasteiger partial charge in [-0.15, -0.1) is 0 Å². The summed E-state index contributed by atoms with van der Waals surface area (Å²) in [4.78, 5) is 2.46. The zero-order chi connectivity index (χ0) is 12.7. The average Bonchev–Trinajstić information content (AvgIpc) is 2.34. The van der Waals surface area contributed by atoms with Crippen molar-refractivity contribution in [2.75, 3.05) is 18.0 Å². The predicted molar refractivity (Wildman–Crippen MR) is 76.6 cm³/mol. The Labute approximate surface area is 106 Å². The Morgan fingerprint density at radius 3 is 2.47 bits per heavy atom. The summed E-state index contributed by atoms with van der Waals surface area (Å²) in [6, 6.07) is 9.25. The van der Waals surface area contributed by atoms with E-state index in [1.807, 2.05) is 0 Å². The van der Waals surface area contributed by atoms with Gasteiger partial charge in [0.25, 0.3) is 0 Å². The highest BCUT2D eigenvalue weighted by atomic mass is 15.1. The molecule has 1 N–H and O–H groups in total. The standard InChI is InChI=1S/C15H26N2/c1-5-11-17(6-2)15-10-8-7-9-14(15)12-16-13(3)4/h7-10,13,16H,5-6,11-12H2,1-4H3. The van der Waals surface area contributed by atoms with E-state index >= 15 is 0 Å². The minimum absolute atomic E-state index is 0.532. The Kier molecular flexibility index (Phi) is 6.06. The Hall–Kier alpha value is -1.02. The van der Waals surface area contributed by atoms with Crippen LogP contribution in [0.4, 0.5) is 5.69 Å². The van der Waals surface area contributed by atoms with Crippen LogP contribution in [0.3, 0.4) is 0 Å². The van der Waals surface area contributed by atoms with Crippen molar-refractivity contribution in [2.24, 2.45) is 0 Å². The Bertz CT molecular complexity index is 320. The van der Waals surface area contributed by atoms with Gasteiger partial charge in [-0.05, 0) is 25.0 Å². The lowest BCUT2D eigenvalue weighted by atomic mass is 10.1. The van der Waals surface area contributed by atoms with Gasteiger partial charge in [-0.3, -0.25) is 0 Å². The van der Waals surface area contributed by atoms with Crippen molar-refractivity contribution in [1.82, 2.24) is 5.32 Å². The van der Waals surface area contributed by atoms with Crippen molar-refractivity contribution in [3.63, 3.8) is 0 Å². The van der Waals surface area contributed by atoms with Crippen LogP contribution in [-0.4, -0.2) is 19.1 Å². The Morgan fingerprint density at radius 2 is 1.88 bits per heavy atom. The second-order valence-corrected chi connectivity index (χ2v) is 4.74. The monoisotopic (exact) mass is 234 g/mol. The van der Waals surface area contributed by atoms with E-state index in [1.165, 1.54) is 17.7 Å². The van der Waals surface area contributed by atoms with Crippen LogP contribution >= 0.6 is 0 Å². The van der Waals surface area contributed by atoms with Gasteiger partial charge in [0.2, 0.25) is 0 Å². The van der Waals surface area contributed by atoms with E-state index in [4.69, 9.17) is 0 Å². The van der Waals surface area contributed by atoms with E-state index < -0.39 is 0 Å². The molecule has 1 aromatic carbocycles. The minimum Gasteiger partial charge on any atom is -0.372 e. The lowest BCUT2D eigenvalue weighted by molar-refractivity contribution is 0.587. The van der Waals surface area contributed by atoms with Crippen LogP contribution in [-0.2, 0) is 6.54 Å². The molecule has 0 aliphatic carbocycles. The predicted octanol–water partition coefficient (Wildman–Crippen LogP) is 3.42. The van der Waals surface area contributed by atoms with E-state index in [0.29, 0.717) is 6.04 Å². The van der Waals surface area contributed by atoms with Crippen molar-refractivity contribution in [1.29, 1.82) is 0 Å². The molecule has 0 amide bonds. The SMILES string of the molecule is CCCN(CC)c1ccccc1CNC(C)C. The number of hydrogen-bond donors (Lipinski definition) is 1. The quantitative estimate of drug-likeness (QED) is 0.777. The Morgan fingerprint density at radius 1 is 1.18 bits per heavy atom. The van der Waals surface area contributed by atoms with Crippen molar-refractivity contribution in [3.05, 3.63) is 29.8 Å². The third kappa shape index (κ3) is 4.39. The van der Waals surface area contributed by atoms with E-state index in [1.54, 1.807) is 0 Å². The summed E-state index contributed by atoms with van der Waals surface area (Å²) in [5.41, 5.74) is 2.78. The summed E-state index contributed by atoms with van der Waals surface area (Å²) < 4.78 is 0. The molecule has 96 valence electrons. The van der Waals surface area contributed by atoms with Gasteiger partial charge in [0.1, 0.15) is 0 Å². The maximum absolute atomic E-state index is 3.50. The highest BCUT2D eigenvalue weighted by Crippen LogP contribution is 2.20. The number of hydrogen-bond acceptors (Lipinski definition) is 2. The molecule has 0 aliphatic rings. The van der Waals surface area contributed by atoms with Gasteiger partial charge in [-0.1, -0.05) is 39.0 Å². The molecule has 0 aromatic heterocycles. The first-order chi connectivity index (χ1) is 8.19. The van der Waals surface area contributed by atoms with Gasteiger partial charge in [-0.25, -0.2) is 0 Å². The third-order valence-corrected chi connectivity index (χ3v) is 2.91. The summed E-state index contributed by atoms with van der Waals surface area (Å²) in [5.74, 6) is 0. The molecule has 0 saturated carbocycles. The summed E-state index contributed by atoms with van der Waals surface area (Å²) in [5, 5.41) is 3.50. The number of benzene rings is 1. The zero-order valence-corrected chi connectivity index (χ0v) is 11.7. The molecule has 0 spiro atoms. The first kappa shape index (κ1) is 14.0. The summed E-state index contributed by atoms with van der Waals surface area (Å²) in [6.45, 7) is 12.0. The molecule has 0 heterocycles. The molecule has 17 heavy (non-hydrogen) atoms. The number of rotatable bonds is 7. The average molecular weight is 234 g/mol. The van der Waals surface area contributed by atoms with Gasteiger partial charge >= 0.3 is 0 Å². The lowest BCUT2D eigenvalue weighted by Gasteiger charge is -2.25. The van der Waals surface area contributed by atoms with Crippen LogP contribution in [0.25, 0.3) is 0 Å². The van der Waals surface area contributed by atoms with Gasteiger partial charge < -0.3 is 10.2 Å². The molecule has 2 heteroatoms. The van der Waals surface area contributed by atoms with Crippen LogP contribution in [0.2, 0.25) is 0 Å². The number of nitrogens with zero attached hydrogens (tertiary/aromatic N) is 1. The van der Waals surface area contributed by atoms with Crippen molar-refractivity contribution in [3.8, 4) is 0 Å². The van der Waals surface area contributed by atoms with Crippen LogP contribution in [0.1, 0.15) is 39.7 Å². The fourth-order valence-corrected chi connectivity index (χ4v) is 2.00. The third-order valence-electron chi connectivity index (χ3n) is 2.91. The van der Waals surface area contributed by atoms with Gasteiger partial charge in [0.15, 0.2) is 0 Å². The molecule has 1 rings (SSSR count). The molecular weight excluding hydrogens is 208 g/mol. The molecule has 0 atom stereocenters. The van der Waals surface area contributed by atoms with Crippen molar-refractivity contribution >= 4 is 5.69 Å². The fraction of sp³-hybridized carbons (Fsp3) is 0.600. The molecule has 0 saturated heterocycles. The highest BCUT2D eigenvalue weighted by molar-refractivity contribution is 5.53. The second-order valence-electron chi connectivity index (χ2n) is 4.74. The minimum atomic E-state index is 0.532. The van der Waals surface area contributed by atoms with E-state index in [2.05, 4.69) is 62.2 Å². The van der Waals surface area contributed by atoms with E-state index in [9.17, 15) is 0 Å². The second kappa shape index (κ2) is 7.33. The maximum atomic E-state index is 3.50. The van der Waals surface area contributed by atoms with Crippen molar-refractivity contribution < 1.29 is 0 Å². The van der Waals surface area contributed by atoms with Crippen LogP contribution in [0.5, 0.6) is 0 Å². The lowest BCUT2D eigenvalue weighted by Crippen LogP contribution is -2.27. The maximum Gasteiger partial charge on any atom is 0.0411 e. The molecule has 0 aliphatic heterocycles. The first-order valence-corrected chi connectivity index (χ1v) is 6.75. The molecule has 0 unspecified atom stereocenters. The smallest absolute Gasteiger partial charge is 0.0411 e. The van der Waals surface area contributed by atoms with Gasteiger partial charge in [0.05, 0.1) is 0 Å². The molecule has 0 radical (unpaired) electrons. The number of nitrogens with one attached hydrogen (secondary N) is 1.